The predicted octanol–water partition coefficient (Wildman–Crippen LogP) is 0.0722. The van der Waals surface area contributed by atoms with Crippen LogP contribution < -0.4 is 11.1 Å². The summed E-state index contributed by atoms with van der Waals surface area (Å²) in [4.78, 5) is 47.7. The van der Waals surface area contributed by atoms with Crippen molar-refractivity contribution in [3.05, 3.63) is 0 Å². The van der Waals surface area contributed by atoms with Gasteiger partial charge in [0.1, 0.15) is 17.7 Å². The summed E-state index contributed by atoms with van der Waals surface area (Å²) in [7, 11) is 1.26. The van der Waals surface area contributed by atoms with Crippen LogP contribution in [0.2, 0.25) is 0 Å². The smallest absolute Gasteiger partial charge is 0.410 e. The maximum Gasteiger partial charge on any atom is 0.410 e. The van der Waals surface area contributed by atoms with E-state index in [4.69, 9.17) is 10.5 Å². The molecule has 0 aliphatic carbocycles. The van der Waals surface area contributed by atoms with Crippen molar-refractivity contribution >= 4 is 23.9 Å². The molecule has 10 heteroatoms. The number of rotatable bonds is 7. The number of hydrogen-bond donors (Lipinski definition) is 2. The Bertz CT molecular complexity index is 491. The van der Waals surface area contributed by atoms with Gasteiger partial charge in [-0.15, -0.1) is 0 Å². The number of alkyl halides is 1. The molecule has 0 aromatic rings. The largest absolute Gasteiger partial charge is 0.444 e. The lowest BCUT2D eigenvalue weighted by molar-refractivity contribution is -0.151. The number of amides is 3. The van der Waals surface area contributed by atoms with Crippen molar-refractivity contribution in [2.24, 2.45) is 5.73 Å². The van der Waals surface area contributed by atoms with Crippen molar-refractivity contribution in [2.45, 2.75) is 51.8 Å². The Morgan fingerprint density at radius 1 is 1.25 bits per heavy atom. The van der Waals surface area contributed by atoms with Gasteiger partial charge in [-0.05, 0) is 27.7 Å². The molecule has 0 bridgehead atoms. The van der Waals surface area contributed by atoms with E-state index >= 15 is 0 Å². The summed E-state index contributed by atoms with van der Waals surface area (Å²) in [5, 5.41) is 2.23. The second kappa shape index (κ2) is 9.04. The molecule has 0 rings (SSSR count). The fourth-order valence-corrected chi connectivity index (χ4v) is 1.60. The van der Waals surface area contributed by atoms with Crippen molar-refractivity contribution in [1.29, 1.82) is 0 Å². The maximum absolute atomic E-state index is 12.2. The summed E-state index contributed by atoms with van der Waals surface area (Å²) in [5.74, 6) is -2.65. The van der Waals surface area contributed by atoms with Gasteiger partial charge in [0.25, 0.3) is 0 Å². The molecule has 3 N–H and O–H groups in total. The highest BCUT2D eigenvalue weighted by molar-refractivity contribution is 5.92. The fraction of sp³-hybridized carbons (Fsp3) is 0.714. The maximum atomic E-state index is 12.2. The molecule has 0 unspecified atom stereocenters. The number of hydrogen-bond acceptors (Lipinski definition) is 6. The Balaban J connectivity index is 5.10. The molecular weight excluding hydrogens is 325 g/mol. The number of ether oxygens (including phenoxy) is 2. The lowest BCUT2D eigenvalue weighted by Crippen LogP contribution is -2.53. The molecule has 0 aromatic carbocycles. The monoisotopic (exact) mass is 349 g/mol. The first kappa shape index (κ1) is 21.6. The molecule has 0 saturated heterocycles. The average molecular weight is 349 g/mol. The second-order valence-electron chi connectivity index (χ2n) is 6.08. The van der Waals surface area contributed by atoms with Gasteiger partial charge in [0, 0.05) is 7.05 Å². The van der Waals surface area contributed by atoms with E-state index < -0.39 is 54.8 Å². The highest BCUT2D eigenvalue weighted by Crippen LogP contribution is 2.12. The van der Waals surface area contributed by atoms with Crippen LogP contribution in [0.4, 0.5) is 9.18 Å². The highest BCUT2D eigenvalue weighted by Gasteiger charge is 2.33. The van der Waals surface area contributed by atoms with Crippen molar-refractivity contribution in [1.82, 2.24) is 10.2 Å². The van der Waals surface area contributed by atoms with Crippen LogP contribution in [0, 0.1) is 0 Å². The van der Waals surface area contributed by atoms with E-state index in [-0.39, 0.29) is 0 Å². The van der Waals surface area contributed by atoms with Crippen LogP contribution in [-0.4, -0.2) is 60.4 Å². The molecule has 0 radical (unpaired) electrons. The molecule has 3 amide bonds. The summed E-state index contributed by atoms with van der Waals surface area (Å²) >= 11 is 0. The lowest BCUT2D eigenvalue weighted by atomic mass is 10.1. The van der Waals surface area contributed by atoms with Crippen LogP contribution in [0.5, 0.6) is 0 Å². The number of nitrogens with one attached hydrogen (secondary N) is 1. The molecular formula is C14H24FN3O6. The van der Waals surface area contributed by atoms with E-state index in [1.807, 2.05) is 0 Å². The number of nitrogens with two attached hydrogens (primary N) is 1. The number of likely N-dealkylation sites (N-methyl/N-ethyl adjacent to an activating group) is 1. The number of nitrogens with zero attached hydrogens (tertiary/aromatic N) is 1. The normalized spacial score (nSPS) is 13.4. The topological polar surface area (TPSA) is 128 Å². The molecule has 0 saturated carbocycles. The van der Waals surface area contributed by atoms with Crippen LogP contribution >= 0.6 is 0 Å². The molecule has 0 spiro atoms. The third-order valence-corrected chi connectivity index (χ3v) is 2.76. The first-order chi connectivity index (χ1) is 10.9. The molecule has 138 valence electrons. The molecule has 24 heavy (non-hydrogen) atoms. The van der Waals surface area contributed by atoms with E-state index in [1.54, 1.807) is 20.8 Å². The minimum atomic E-state index is -1.33. The Hall–Kier alpha value is -2.39. The van der Waals surface area contributed by atoms with E-state index in [9.17, 15) is 23.6 Å². The molecule has 0 aliphatic rings. The first-order valence-electron chi connectivity index (χ1n) is 7.16. The SMILES string of the molecule is C[C@H](NC(=O)[C@H](CC(N)=O)N(C)C(=O)OC(C)(C)C)C(=O)OCF. The third kappa shape index (κ3) is 7.75. The van der Waals surface area contributed by atoms with Gasteiger partial charge in [0.05, 0.1) is 6.42 Å². The number of halogens is 1. The number of carbonyl (C=O) groups excluding carboxylic acids is 4. The molecule has 0 aromatic heterocycles. The van der Waals surface area contributed by atoms with Gasteiger partial charge in [0.15, 0.2) is 0 Å². The first-order valence-corrected chi connectivity index (χ1v) is 7.16. The van der Waals surface area contributed by atoms with Gasteiger partial charge in [-0.1, -0.05) is 0 Å². The predicted molar refractivity (Wildman–Crippen MR) is 81.3 cm³/mol. The van der Waals surface area contributed by atoms with Crippen molar-refractivity contribution < 1.29 is 33.0 Å². The zero-order chi connectivity index (χ0) is 19.1. The Kier molecular flexibility index (Phi) is 8.14. The summed E-state index contributed by atoms with van der Waals surface area (Å²) in [5.41, 5.74) is 4.29. The van der Waals surface area contributed by atoms with Crippen LogP contribution in [0.1, 0.15) is 34.1 Å². The summed E-state index contributed by atoms with van der Waals surface area (Å²) in [6.07, 6.45) is -1.32. The third-order valence-electron chi connectivity index (χ3n) is 2.76. The molecule has 9 nitrogen and oxygen atoms in total. The van der Waals surface area contributed by atoms with Gasteiger partial charge in [-0.25, -0.2) is 14.0 Å². The van der Waals surface area contributed by atoms with E-state index in [2.05, 4.69) is 10.1 Å². The van der Waals surface area contributed by atoms with Crippen LogP contribution in [0.3, 0.4) is 0 Å². The van der Waals surface area contributed by atoms with Gasteiger partial charge in [0.2, 0.25) is 18.7 Å². The van der Waals surface area contributed by atoms with Gasteiger partial charge >= 0.3 is 12.1 Å². The van der Waals surface area contributed by atoms with Crippen molar-refractivity contribution in [2.75, 3.05) is 13.9 Å². The van der Waals surface area contributed by atoms with Gasteiger partial charge in [-0.3, -0.25) is 14.5 Å². The highest BCUT2D eigenvalue weighted by atomic mass is 19.1. The average Bonchev–Trinajstić information content (AvgIpc) is 2.41. The van der Waals surface area contributed by atoms with Crippen LogP contribution in [0.25, 0.3) is 0 Å². The summed E-state index contributed by atoms with van der Waals surface area (Å²) in [6.45, 7) is 4.84. The summed E-state index contributed by atoms with van der Waals surface area (Å²) < 4.78 is 21.2. The molecule has 0 aliphatic heterocycles. The van der Waals surface area contributed by atoms with Crippen LogP contribution in [0.15, 0.2) is 0 Å². The Labute approximate surface area is 139 Å². The summed E-state index contributed by atoms with van der Waals surface area (Å²) in [6, 6.07) is -2.46. The van der Waals surface area contributed by atoms with Gasteiger partial charge in [-0.2, -0.15) is 0 Å². The molecule has 2 atom stereocenters. The van der Waals surface area contributed by atoms with Crippen molar-refractivity contribution in [3.63, 3.8) is 0 Å². The Morgan fingerprint density at radius 3 is 2.21 bits per heavy atom. The van der Waals surface area contributed by atoms with Crippen molar-refractivity contribution in [3.8, 4) is 0 Å². The zero-order valence-corrected chi connectivity index (χ0v) is 14.4. The second-order valence-corrected chi connectivity index (χ2v) is 6.08. The van der Waals surface area contributed by atoms with Gasteiger partial charge < -0.3 is 20.5 Å². The Morgan fingerprint density at radius 2 is 1.79 bits per heavy atom. The molecule has 0 fully saturated rings. The van der Waals surface area contributed by atoms with E-state index in [0.717, 1.165) is 4.90 Å². The van der Waals surface area contributed by atoms with E-state index in [1.165, 1.54) is 14.0 Å². The lowest BCUT2D eigenvalue weighted by Gasteiger charge is -2.30. The van der Waals surface area contributed by atoms with Crippen LogP contribution in [-0.2, 0) is 23.9 Å². The quantitative estimate of drug-likeness (QED) is 0.626. The minimum Gasteiger partial charge on any atom is -0.444 e. The standard InChI is InChI=1S/C14H24FN3O6/c1-8(12(21)23-7-15)17-11(20)9(6-10(16)19)18(5)13(22)24-14(2,3)4/h8-9H,6-7H2,1-5H3,(H2,16,19)(H,17,20)/t8-,9-/m0/s1. The minimum absolute atomic E-state index is 0.480. The number of primary amides is 1. The molecule has 0 heterocycles. The number of carbonyl (C=O) groups is 4. The zero-order valence-electron chi connectivity index (χ0n) is 14.4. The number of esters is 1. The van der Waals surface area contributed by atoms with E-state index in [0.29, 0.717) is 0 Å². The fourth-order valence-electron chi connectivity index (χ4n) is 1.60.